The fourth-order valence-electron chi connectivity index (χ4n) is 2.33. The topological polar surface area (TPSA) is 23.5 Å². The molecule has 1 aliphatic heterocycles. The van der Waals surface area contributed by atoms with Gasteiger partial charge in [0.1, 0.15) is 0 Å². The second-order valence-corrected chi connectivity index (χ2v) is 4.27. The largest absolute Gasteiger partial charge is 0.396 e. The van der Waals surface area contributed by atoms with Crippen molar-refractivity contribution in [1.29, 1.82) is 0 Å². The van der Waals surface area contributed by atoms with Gasteiger partial charge in [0, 0.05) is 19.2 Å². The molecule has 1 heterocycles. The van der Waals surface area contributed by atoms with Crippen LogP contribution in [0.1, 0.15) is 32.1 Å². The van der Waals surface area contributed by atoms with E-state index in [-0.39, 0.29) is 0 Å². The lowest BCUT2D eigenvalue weighted by atomic mass is 9.88. The van der Waals surface area contributed by atoms with Gasteiger partial charge in [-0.15, -0.1) is 0 Å². The minimum atomic E-state index is 0.392. The monoisotopic (exact) mass is 169 g/mol. The van der Waals surface area contributed by atoms with E-state index in [4.69, 9.17) is 5.11 Å². The lowest BCUT2D eigenvalue weighted by molar-refractivity contribution is 0.0559. The molecule has 0 aromatic carbocycles. The molecule has 0 spiro atoms. The molecule has 2 heteroatoms. The Morgan fingerprint density at radius 3 is 2.58 bits per heavy atom. The van der Waals surface area contributed by atoms with Gasteiger partial charge in [0.2, 0.25) is 0 Å². The van der Waals surface area contributed by atoms with Gasteiger partial charge in [-0.1, -0.05) is 6.42 Å². The zero-order valence-electron chi connectivity index (χ0n) is 7.71. The number of piperidine rings is 1. The molecule has 0 amide bonds. The van der Waals surface area contributed by atoms with E-state index in [0.717, 1.165) is 12.6 Å². The van der Waals surface area contributed by atoms with Crippen molar-refractivity contribution < 1.29 is 5.11 Å². The van der Waals surface area contributed by atoms with Crippen molar-refractivity contribution in [3.05, 3.63) is 0 Å². The molecule has 0 bridgehead atoms. The van der Waals surface area contributed by atoms with Crippen molar-refractivity contribution in [2.24, 2.45) is 5.92 Å². The van der Waals surface area contributed by atoms with Crippen LogP contribution < -0.4 is 0 Å². The van der Waals surface area contributed by atoms with E-state index in [9.17, 15) is 0 Å². The predicted molar refractivity (Wildman–Crippen MR) is 49.0 cm³/mol. The Bertz CT molecular complexity index is 145. The van der Waals surface area contributed by atoms with Gasteiger partial charge in [0.15, 0.2) is 0 Å². The average molecular weight is 169 g/mol. The molecule has 2 fully saturated rings. The zero-order chi connectivity index (χ0) is 8.39. The van der Waals surface area contributed by atoms with Crippen molar-refractivity contribution in [3.63, 3.8) is 0 Å². The summed E-state index contributed by atoms with van der Waals surface area (Å²) in [6.45, 7) is 2.82. The Kier molecular flexibility index (Phi) is 2.66. The highest BCUT2D eigenvalue weighted by Crippen LogP contribution is 2.28. The Morgan fingerprint density at radius 1 is 1.17 bits per heavy atom. The van der Waals surface area contributed by atoms with E-state index < -0.39 is 0 Å². The SMILES string of the molecule is OCC1CCCN(C2CCC2)C1. The first-order valence-electron chi connectivity index (χ1n) is 5.25. The van der Waals surface area contributed by atoms with Crippen LogP contribution in [0.5, 0.6) is 0 Å². The minimum Gasteiger partial charge on any atom is -0.396 e. The van der Waals surface area contributed by atoms with Gasteiger partial charge in [-0.2, -0.15) is 0 Å². The number of hydrogen-bond acceptors (Lipinski definition) is 2. The lowest BCUT2D eigenvalue weighted by Gasteiger charge is -2.42. The zero-order valence-corrected chi connectivity index (χ0v) is 7.71. The van der Waals surface area contributed by atoms with Crippen LogP contribution in [0.25, 0.3) is 0 Å². The molecule has 0 aromatic rings. The third-order valence-corrected chi connectivity index (χ3v) is 3.40. The summed E-state index contributed by atoms with van der Waals surface area (Å²) >= 11 is 0. The van der Waals surface area contributed by atoms with E-state index in [1.165, 1.54) is 38.6 Å². The van der Waals surface area contributed by atoms with Gasteiger partial charge in [-0.3, -0.25) is 0 Å². The number of hydrogen-bond donors (Lipinski definition) is 1. The van der Waals surface area contributed by atoms with Crippen molar-refractivity contribution in [2.45, 2.75) is 38.1 Å². The lowest BCUT2D eigenvalue weighted by Crippen LogP contribution is -2.46. The smallest absolute Gasteiger partial charge is 0.0471 e. The third kappa shape index (κ3) is 1.64. The molecule has 2 aliphatic rings. The van der Waals surface area contributed by atoms with Crippen LogP contribution in [0, 0.1) is 5.92 Å². The molecule has 1 saturated heterocycles. The first-order valence-corrected chi connectivity index (χ1v) is 5.25. The van der Waals surface area contributed by atoms with Gasteiger partial charge in [-0.25, -0.2) is 0 Å². The van der Waals surface area contributed by atoms with Gasteiger partial charge in [0.25, 0.3) is 0 Å². The molecular formula is C10H19NO. The van der Waals surface area contributed by atoms with Crippen LogP contribution in [0.4, 0.5) is 0 Å². The maximum absolute atomic E-state index is 9.05. The summed E-state index contributed by atoms with van der Waals surface area (Å²) in [5.41, 5.74) is 0. The third-order valence-electron chi connectivity index (χ3n) is 3.40. The van der Waals surface area contributed by atoms with Crippen LogP contribution in [-0.4, -0.2) is 35.7 Å². The highest BCUT2D eigenvalue weighted by atomic mass is 16.3. The van der Waals surface area contributed by atoms with Gasteiger partial charge in [0.05, 0.1) is 0 Å². The Labute approximate surface area is 74.6 Å². The summed E-state index contributed by atoms with van der Waals surface area (Å²) in [7, 11) is 0. The summed E-state index contributed by atoms with van der Waals surface area (Å²) in [6.07, 6.45) is 6.75. The summed E-state index contributed by atoms with van der Waals surface area (Å²) in [4.78, 5) is 2.59. The number of likely N-dealkylation sites (tertiary alicyclic amines) is 1. The van der Waals surface area contributed by atoms with Crippen LogP contribution in [0.15, 0.2) is 0 Å². The van der Waals surface area contributed by atoms with Crippen molar-refractivity contribution >= 4 is 0 Å². The molecule has 1 atom stereocenters. The fraction of sp³-hybridized carbons (Fsp3) is 1.00. The van der Waals surface area contributed by atoms with Gasteiger partial charge >= 0.3 is 0 Å². The second kappa shape index (κ2) is 3.75. The molecular weight excluding hydrogens is 150 g/mol. The minimum absolute atomic E-state index is 0.392. The van der Waals surface area contributed by atoms with E-state index in [1.807, 2.05) is 0 Å². The summed E-state index contributed by atoms with van der Waals surface area (Å²) in [5, 5.41) is 9.05. The van der Waals surface area contributed by atoms with Crippen molar-refractivity contribution in [1.82, 2.24) is 4.90 Å². The maximum atomic E-state index is 9.05. The molecule has 1 unspecified atom stereocenters. The van der Waals surface area contributed by atoms with Crippen LogP contribution in [0.3, 0.4) is 0 Å². The van der Waals surface area contributed by atoms with E-state index in [0.29, 0.717) is 12.5 Å². The van der Waals surface area contributed by atoms with Gasteiger partial charge in [-0.05, 0) is 38.1 Å². The first-order chi connectivity index (χ1) is 5.90. The highest BCUT2D eigenvalue weighted by molar-refractivity contribution is 4.83. The Hall–Kier alpha value is -0.0800. The molecule has 1 saturated carbocycles. The van der Waals surface area contributed by atoms with E-state index in [2.05, 4.69) is 4.90 Å². The predicted octanol–water partition coefficient (Wildman–Crippen LogP) is 1.24. The molecule has 2 rings (SSSR count). The van der Waals surface area contributed by atoms with Crippen molar-refractivity contribution in [2.75, 3.05) is 19.7 Å². The van der Waals surface area contributed by atoms with E-state index in [1.54, 1.807) is 0 Å². The average Bonchev–Trinajstić information content (AvgIpc) is 2.02. The molecule has 12 heavy (non-hydrogen) atoms. The van der Waals surface area contributed by atoms with Crippen LogP contribution in [0.2, 0.25) is 0 Å². The molecule has 1 aliphatic carbocycles. The summed E-state index contributed by atoms with van der Waals surface area (Å²) in [5.74, 6) is 0.569. The molecule has 1 N–H and O–H groups in total. The number of nitrogens with zero attached hydrogens (tertiary/aromatic N) is 1. The highest BCUT2D eigenvalue weighted by Gasteiger charge is 2.28. The van der Waals surface area contributed by atoms with Gasteiger partial charge < -0.3 is 10.0 Å². The Balaban J connectivity index is 1.81. The van der Waals surface area contributed by atoms with Crippen LogP contribution in [-0.2, 0) is 0 Å². The molecule has 0 aromatic heterocycles. The Morgan fingerprint density at radius 2 is 2.00 bits per heavy atom. The molecule has 70 valence electrons. The van der Waals surface area contributed by atoms with E-state index >= 15 is 0 Å². The standard InChI is InChI=1S/C10H19NO/c12-8-9-3-2-6-11(7-9)10-4-1-5-10/h9-10,12H,1-8H2. The molecule has 0 radical (unpaired) electrons. The number of rotatable bonds is 2. The second-order valence-electron chi connectivity index (χ2n) is 4.27. The summed E-state index contributed by atoms with van der Waals surface area (Å²) in [6, 6.07) is 0.874. The fourth-order valence-corrected chi connectivity index (χ4v) is 2.33. The number of aliphatic hydroxyl groups is 1. The molecule has 2 nitrogen and oxygen atoms in total. The maximum Gasteiger partial charge on any atom is 0.0471 e. The van der Waals surface area contributed by atoms with Crippen LogP contribution >= 0.6 is 0 Å². The normalized spacial score (nSPS) is 33.2. The first kappa shape index (κ1) is 8.52. The number of aliphatic hydroxyl groups excluding tert-OH is 1. The van der Waals surface area contributed by atoms with Crippen molar-refractivity contribution in [3.8, 4) is 0 Å². The quantitative estimate of drug-likeness (QED) is 0.672. The summed E-state index contributed by atoms with van der Waals surface area (Å²) < 4.78 is 0.